The minimum Gasteiger partial charge on any atom is -0.393 e. The molecule has 0 saturated carbocycles. The summed E-state index contributed by atoms with van der Waals surface area (Å²) in [6.45, 7) is 0.871. The van der Waals surface area contributed by atoms with E-state index in [4.69, 9.17) is 0 Å². The van der Waals surface area contributed by atoms with Gasteiger partial charge in [0.15, 0.2) is 0 Å². The number of rotatable bonds is 4. The van der Waals surface area contributed by atoms with Gasteiger partial charge in [-0.3, -0.25) is 4.79 Å². The Labute approximate surface area is 126 Å². The number of hydrogen-bond acceptors (Lipinski definition) is 3. The third-order valence-electron chi connectivity index (χ3n) is 4.83. The van der Waals surface area contributed by atoms with E-state index in [-0.39, 0.29) is 24.1 Å². The zero-order valence-corrected chi connectivity index (χ0v) is 12.6. The first-order valence-electron chi connectivity index (χ1n) is 7.94. The van der Waals surface area contributed by atoms with Gasteiger partial charge in [0, 0.05) is 17.6 Å². The average Bonchev–Trinajstić information content (AvgIpc) is 2.76. The number of piperidine rings is 1. The Morgan fingerprint density at radius 3 is 2.62 bits per heavy atom. The third kappa shape index (κ3) is 2.83. The lowest BCUT2D eigenvalue weighted by molar-refractivity contribution is 0.0286. The fourth-order valence-electron chi connectivity index (χ4n) is 3.83. The minimum absolute atomic E-state index is 0.154. The van der Waals surface area contributed by atoms with Crippen LogP contribution in [0, 0.1) is 0 Å². The van der Waals surface area contributed by atoms with Crippen LogP contribution in [0.15, 0.2) is 24.3 Å². The number of carbonyl (C=O) groups excluding carboxylic acids is 1. The predicted octanol–water partition coefficient (Wildman–Crippen LogP) is 1.58. The van der Waals surface area contributed by atoms with E-state index in [1.54, 1.807) is 0 Å². The van der Waals surface area contributed by atoms with Crippen LogP contribution in [-0.2, 0) is 6.42 Å². The first-order valence-corrected chi connectivity index (χ1v) is 7.94. The molecule has 21 heavy (non-hydrogen) atoms. The highest BCUT2D eigenvalue weighted by atomic mass is 16.3. The molecule has 2 bridgehead atoms. The van der Waals surface area contributed by atoms with Gasteiger partial charge < -0.3 is 15.3 Å². The van der Waals surface area contributed by atoms with Crippen molar-refractivity contribution in [3.63, 3.8) is 0 Å². The molecule has 4 heteroatoms. The molecule has 3 rings (SSSR count). The van der Waals surface area contributed by atoms with Gasteiger partial charge >= 0.3 is 0 Å². The van der Waals surface area contributed by atoms with Gasteiger partial charge in [0.05, 0.1) is 6.10 Å². The number of nitrogens with zero attached hydrogens (tertiary/aromatic N) is 1. The first kappa shape index (κ1) is 14.5. The number of aliphatic hydroxyl groups excluding tert-OH is 1. The summed E-state index contributed by atoms with van der Waals surface area (Å²) in [5.74, 6) is 0.154. The van der Waals surface area contributed by atoms with Gasteiger partial charge in [-0.1, -0.05) is 18.2 Å². The molecule has 2 N–H and O–H groups in total. The van der Waals surface area contributed by atoms with Crippen molar-refractivity contribution in [3.8, 4) is 0 Å². The smallest absolute Gasteiger partial charge is 0.254 e. The van der Waals surface area contributed by atoms with Crippen molar-refractivity contribution in [1.82, 2.24) is 10.2 Å². The Hall–Kier alpha value is -1.39. The molecule has 0 aromatic heterocycles. The van der Waals surface area contributed by atoms with Crippen molar-refractivity contribution in [2.45, 2.75) is 50.3 Å². The summed E-state index contributed by atoms with van der Waals surface area (Å²) >= 11 is 0. The summed E-state index contributed by atoms with van der Waals surface area (Å²) < 4.78 is 0. The number of aliphatic hydroxyl groups is 1. The van der Waals surface area contributed by atoms with Crippen LogP contribution in [-0.4, -0.2) is 47.7 Å². The van der Waals surface area contributed by atoms with Crippen LogP contribution in [0.3, 0.4) is 0 Å². The molecule has 114 valence electrons. The topological polar surface area (TPSA) is 52.6 Å². The molecule has 0 spiro atoms. The number of likely N-dealkylation sites (N-methyl/N-ethyl adjacent to an activating group) is 1. The Balaban J connectivity index is 1.83. The number of amides is 1. The molecule has 4 nitrogen and oxygen atoms in total. The summed E-state index contributed by atoms with van der Waals surface area (Å²) in [4.78, 5) is 15.0. The zero-order valence-electron chi connectivity index (χ0n) is 12.6. The van der Waals surface area contributed by atoms with E-state index >= 15 is 0 Å². The Morgan fingerprint density at radius 1 is 1.29 bits per heavy atom. The van der Waals surface area contributed by atoms with Crippen LogP contribution >= 0.6 is 0 Å². The maximum absolute atomic E-state index is 13.0. The zero-order chi connectivity index (χ0) is 14.8. The maximum Gasteiger partial charge on any atom is 0.254 e. The fraction of sp³-hybridized carbons (Fsp3) is 0.588. The summed E-state index contributed by atoms with van der Waals surface area (Å²) in [6.07, 6.45) is 4.18. The maximum atomic E-state index is 13.0. The fourth-order valence-corrected chi connectivity index (χ4v) is 3.83. The third-order valence-corrected chi connectivity index (χ3v) is 4.83. The van der Waals surface area contributed by atoms with E-state index in [1.807, 2.05) is 36.2 Å². The molecule has 1 aromatic carbocycles. The van der Waals surface area contributed by atoms with Gasteiger partial charge in [-0.2, -0.15) is 0 Å². The average molecular weight is 288 g/mol. The van der Waals surface area contributed by atoms with Crippen LogP contribution in [0.2, 0.25) is 0 Å². The summed E-state index contributed by atoms with van der Waals surface area (Å²) in [6, 6.07) is 8.38. The van der Waals surface area contributed by atoms with E-state index in [1.165, 1.54) is 0 Å². The van der Waals surface area contributed by atoms with E-state index in [2.05, 4.69) is 5.32 Å². The highest BCUT2D eigenvalue weighted by Crippen LogP contribution is 2.37. The largest absolute Gasteiger partial charge is 0.393 e. The molecule has 2 unspecified atom stereocenters. The number of fused-ring (bicyclic) bond motifs is 2. The predicted molar refractivity (Wildman–Crippen MR) is 82.3 cm³/mol. The second kappa shape index (κ2) is 6.16. The molecule has 2 heterocycles. The molecular formula is C17H24N2O2. The lowest BCUT2D eigenvalue weighted by Crippen LogP contribution is -2.48. The van der Waals surface area contributed by atoms with Crippen LogP contribution in [0.1, 0.15) is 41.6 Å². The molecular weight excluding hydrogens is 264 g/mol. The molecule has 2 atom stereocenters. The van der Waals surface area contributed by atoms with Gasteiger partial charge in [-0.25, -0.2) is 0 Å². The molecule has 2 saturated heterocycles. The van der Waals surface area contributed by atoms with Crippen LogP contribution in [0.5, 0.6) is 0 Å². The first-order chi connectivity index (χ1) is 10.2. The van der Waals surface area contributed by atoms with E-state index < -0.39 is 0 Å². The van der Waals surface area contributed by atoms with Crippen molar-refractivity contribution in [1.29, 1.82) is 0 Å². The quantitative estimate of drug-likeness (QED) is 0.884. The highest BCUT2D eigenvalue weighted by Gasteiger charge is 2.43. The molecule has 2 aliphatic rings. The Morgan fingerprint density at radius 2 is 1.95 bits per heavy atom. The molecule has 2 aliphatic heterocycles. The van der Waals surface area contributed by atoms with Gasteiger partial charge in [-0.15, -0.1) is 0 Å². The minimum atomic E-state index is -0.230. The van der Waals surface area contributed by atoms with Gasteiger partial charge in [0.1, 0.15) is 0 Å². The monoisotopic (exact) mass is 288 g/mol. The molecule has 2 fully saturated rings. The number of benzene rings is 1. The summed E-state index contributed by atoms with van der Waals surface area (Å²) in [5.41, 5.74) is 1.95. The second-order valence-corrected chi connectivity index (χ2v) is 6.23. The second-order valence-electron chi connectivity index (χ2n) is 6.23. The lowest BCUT2D eigenvalue weighted by Gasteiger charge is -2.37. The lowest BCUT2D eigenvalue weighted by atomic mass is 9.97. The Bertz CT molecular complexity index is 503. The van der Waals surface area contributed by atoms with E-state index in [0.29, 0.717) is 0 Å². The van der Waals surface area contributed by atoms with E-state index in [9.17, 15) is 9.90 Å². The highest BCUT2D eigenvalue weighted by molar-refractivity contribution is 5.96. The van der Waals surface area contributed by atoms with Crippen molar-refractivity contribution in [3.05, 3.63) is 35.4 Å². The van der Waals surface area contributed by atoms with Crippen LogP contribution < -0.4 is 5.32 Å². The van der Waals surface area contributed by atoms with Gasteiger partial charge in [-0.05, 0) is 57.3 Å². The Kier molecular flexibility index (Phi) is 4.27. The number of nitrogens with one attached hydrogen (secondary N) is 1. The van der Waals surface area contributed by atoms with Crippen molar-refractivity contribution in [2.75, 3.05) is 13.6 Å². The number of hydrogen-bond donors (Lipinski definition) is 2. The molecule has 0 radical (unpaired) electrons. The van der Waals surface area contributed by atoms with Crippen molar-refractivity contribution in [2.24, 2.45) is 0 Å². The van der Waals surface area contributed by atoms with Crippen LogP contribution in [0.25, 0.3) is 0 Å². The molecule has 1 amide bonds. The van der Waals surface area contributed by atoms with Crippen molar-refractivity contribution >= 4 is 5.91 Å². The summed E-state index contributed by atoms with van der Waals surface area (Å²) in [7, 11) is 1.93. The molecule has 1 aromatic rings. The van der Waals surface area contributed by atoms with E-state index in [0.717, 1.165) is 49.8 Å². The number of carbonyl (C=O) groups is 1. The van der Waals surface area contributed by atoms with Gasteiger partial charge in [0.25, 0.3) is 5.91 Å². The summed E-state index contributed by atoms with van der Waals surface area (Å²) in [5, 5.41) is 13.0. The van der Waals surface area contributed by atoms with Gasteiger partial charge in [0.2, 0.25) is 0 Å². The normalized spacial score (nSPS) is 27.9. The van der Waals surface area contributed by atoms with Crippen LogP contribution in [0.4, 0.5) is 0 Å². The molecule has 0 aliphatic carbocycles. The SMILES string of the molecule is CNCCc1ccccc1C(=O)N1C2CCC1CC(O)C2. The standard InChI is InChI=1S/C17H24N2O2/c1-18-9-8-12-4-2-3-5-16(12)17(21)19-13-6-7-14(19)11-15(20)10-13/h2-5,13-15,18,20H,6-11H2,1H3. The van der Waals surface area contributed by atoms with Crippen molar-refractivity contribution < 1.29 is 9.90 Å².